The van der Waals surface area contributed by atoms with E-state index in [1.165, 1.54) is 23.1 Å². The number of carboxylic acid groups (broad SMARTS) is 1. The van der Waals surface area contributed by atoms with Crippen molar-refractivity contribution in [3.63, 3.8) is 0 Å². The molecule has 0 saturated heterocycles. The lowest BCUT2D eigenvalue weighted by Crippen LogP contribution is -2.44. The van der Waals surface area contributed by atoms with E-state index in [2.05, 4.69) is 22.2 Å². The number of anilines is 1. The zero-order valence-electron chi connectivity index (χ0n) is 15.7. The molecule has 0 bridgehead atoms. The highest BCUT2D eigenvalue weighted by atomic mass is 32.2. The third-order valence-electron chi connectivity index (χ3n) is 4.80. The Kier molecular flexibility index (Phi) is 7.27. The molecule has 2 N–H and O–H groups in total. The summed E-state index contributed by atoms with van der Waals surface area (Å²) in [5, 5.41) is 12.2. The summed E-state index contributed by atoms with van der Waals surface area (Å²) in [5.74, 6) is -0.200. The molecule has 0 spiro atoms. The number of amides is 2. The second kappa shape index (κ2) is 9.88. The zero-order chi connectivity index (χ0) is 19.9. The molecule has 0 aliphatic heterocycles. The number of urea groups is 1. The Labute approximate surface area is 172 Å². The fourth-order valence-electron chi connectivity index (χ4n) is 3.29. The molecule has 2 heterocycles. The fourth-order valence-corrected chi connectivity index (χ4v) is 4.87. The van der Waals surface area contributed by atoms with E-state index in [-0.39, 0.29) is 17.8 Å². The van der Waals surface area contributed by atoms with E-state index in [0.717, 1.165) is 35.5 Å². The summed E-state index contributed by atoms with van der Waals surface area (Å²) in [5.41, 5.74) is 0.994. The molecule has 150 valence electrons. The van der Waals surface area contributed by atoms with Gasteiger partial charge in [0.25, 0.3) is 0 Å². The van der Waals surface area contributed by atoms with Crippen LogP contribution in [0.25, 0.3) is 0 Å². The quantitative estimate of drug-likeness (QED) is 0.648. The van der Waals surface area contributed by atoms with Gasteiger partial charge in [-0.3, -0.25) is 15.1 Å². The minimum absolute atomic E-state index is 0.0248. The Morgan fingerprint density at radius 2 is 2.11 bits per heavy atom. The molecule has 1 fully saturated rings. The zero-order valence-corrected chi connectivity index (χ0v) is 17.3. The number of rotatable bonds is 7. The van der Waals surface area contributed by atoms with Gasteiger partial charge >= 0.3 is 12.0 Å². The van der Waals surface area contributed by atoms with Gasteiger partial charge in [-0.1, -0.05) is 24.3 Å². The summed E-state index contributed by atoms with van der Waals surface area (Å²) in [7, 11) is 0. The van der Waals surface area contributed by atoms with Crippen molar-refractivity contribution in [1.29, 1.82) is 0 Å². The van der Waals surface area contributed by atoms with Crippen molar-refractivity contribution >= 4 is 40.2 Å². The second-order valence-corrected chi connectivity index (χ2v) is 9.31. The minimum atomic E-state index is -0.877. The van der Waals surface area contributed by atoms with Crippen molar-refractivity contribution in [1.82, 2.24) is 14.9 Å². The molecule has 7 nitrogen and oxygen atoms in total. The van der Waals surface area contributed by atoms with E-state index in [1.54, 1.807) is 18.6 Å². The van der Waals surface area contributed by atoms with E-state index < -0.39 is 5.97 Å². The van der Waals surface area contributed by atoms with Crippen LogP contribution in [0, 0.1) is 5.92 Å². The van der Waals surface area contributed by atoms with Gasteiger partial charge < -0.3 is 10.0 Å². The first-order valence-electron chi connectivity index (χ1n) is 9.28. The molecular weight excluding hydrogens is 396 g/mol. The van der Waals surface area contributed by atoms with Gasteiger partial charge in [-0.25, -0.2) is 9.78 Å². The summed E-state index contributed by atoms with van der Waals surface area (Å²) in [6.45, 7) is 2.76. The average molecular weight is 421 g/mol. The maximum absolute atomic E-state index is 13.0. The number of carboxylic acids is 1. The van der Waals surface area contributed by atoms with E-state index >= 15 is 0 Å². The molecule has 3 rings (SSSR count). The van der Waals surface area contributed by atoms with Gasteiger partial charge in [-0.15, -0.1) is 11.8 Å². The number of hydrogen-bond donors (Lipinski definition) is 2. The first-order chi connectivity index (χ1) is 13.5. The summed E-state index contributed by atoms with van der Waals surface area (Å²) in [6, 6.07) is 3.87. The summed E-state index contributed by atoms with van der Waals surface area (Å²) >= 11 is 2.49. The van der Waals surface area contributed by atoms with E-state index in [0.29, 0.717) is 17.6 Å². The van der Waals surface area contributed by atoms with Crippen molar-refractivity contribution in [2.75, 3.05) is 11.1 Å². The molecule has 2 aromatic rings. The van der Waals surface area contributed by atoms with Crippen LogP contribution in [0.15, 0.2) is 34.9 Å². The number of hydrogen-bond acceptors (Lipinski definition) is 6. The summed E-state index contributed by atoms with van der Waals surface area (Å²) in [4.78, 5) is 34.0. The Hall–Kier alpha value is -2.13. The summed E-state index contributed by atoms with van der Waals surface area (Å²) in [6.07, 6.45) is 9.34. The minimum Gasteiger partial charge on any atom is -0.481 e. The van der Waals surface area contributed by atoms with Crippen LogP contribution in [-0.2, 0) is 11.3 Å². The largest absolute Gasteiger partial charge is 0.481 e. The van der Waals surface area contributed by atoms with Crippen LogP contribution in [0.4, 0.5) is 9.93 Å². The van der Waals surface area contributed by atoms with Crippen molar-refractivity contribution < 1.29 is 14.7 Å². The van der Waals surface area contributed by atoms with Gasteiger partial charge in [-0.05, 0) is 43.2 Å². The number of nitrogens with one attached hydrogen (secondary N) is 1. The second-order valence-electron chi connectivity index (χ2n) is 7.00. The van der Waals surface area contributed by atoms with E-state index in [1.807, 2.05) is 17.0 Å². The molecule has 0 unspecified atom stereocenters. The third-order valence-corrected chi connectivity index (χ3v) is 6.89. The maximum atomic E-state index is 13.0. The highest BCUT2D eigenvalue weighted by Gasteiger charge is 2.28. The van der Waals surface area contributed by atoms with Crippen molar-refractivity contribution in [3.05, 3.63) is 36.3 Å². The van der Waals surface area contributed by atoms with Crippen LogP contribution < -0.4 is 5.32 Å². The molecule has 1 saturated carbocycles. The molecule has 9 heteroatoms. The number of aromatic nitrogens is 2. The molecule has 0 aromatic carbocycles. The Bertz CT molecular complexity index is 791. The number of thioether (sulfide) groups is 1. The standard InChI is InChI=1S/C19H24N4O3S2/c1-13-4-6-15(7-5-13)23(11-14-3-2-8-20-9-14)19(26)22-18-21-10-17(28-18)27-12-16(24)25/h2-3,8-10,13,15H,4-7,11-12H2,1H3,(H,24,25)(H,21,22,26)/t13-,15-. The molecule has 28 heavy (non-hydrogen) atoms. The normalized spacial score (nSPS) is 19.2. The van der Waals surface area contributed by atoms with Crippen LogP contribution in [0.3, 0.4) is 0 Å². The number of carbonyl (C=O) groups excluding carboxylic acids is 1. The van der Waals surface area contributed by atoms with Gasteiger partial charge in [0.2, 0.25) is 0 Å². The molecule has 1 aliphatic rings. The highest BCUT2D eigenvalue weighted by molar-refractivity contribution is 8.01. The van der Waals surface area contributed by atoms with Gasteiger partial charge in [0.15, 0.2) is 5.13 Å². The van der Waals surface area contributed by atoms with Crippen LogP contribution in [0.1, 0.15) is 38.2 Å². The van der Waals surface area contributed by atoms with Crippen LogP contribution in [0.2, 0.25) is 0 Å². The topological polar surface area (TPSA) is 95.4 Å². The smallest absolute Gasteiger partial charge is 0.324 e. The maximum Gasteiger partial charge on any atom is 0.324 e. The lowest BCUT2D eigenvalue weighted by Gasteiger charge is -2.36. The van der Waals surface area contributed by atoms with Crippen LogP contribution in [0.5, 0.6) is 0 Å². The molecule has 0 radical (unpaired) electrons. The summed E-state index contributed by atoms with van der Waals surface area (Å²) < 4.78 is 0.767. The van der Waals surface area contributed by atoms with Crippen molar-refractivity contribution in [3.8, 4) is 0 Å². The van der Waals surface area contributed by atoms with Crippen LogP contribution in [-0.4, -0.2) is 43.8 Å². The lowest BCUT2D eigenvalue weighted by molar-refractivity contribution is -0.133. The number of carbonyl (C=O) groups is 2. The van der Waals surface area contributed by atoms with Gasteiger partial charge in [0, 0.05) is 25.0 Å². The molecule has 2 aromatic heterocycles. The average Bonchev–Trinajstić information content (AvgIpc) is 3.13. The Balaban J connectivity index is 1.68. The molecule has 0 atom stereocenters. The number of aliphatic carboxylic acids is 1. The predicted molar refractivity (Wildman–Crippen MR) is 111 cm³/mol. The van der Waals surface area contributed by atoms with Crippen LogP contribution >= 0.6 is 23.1 Å². The highest BCUT2D eigenvalue weighted by Crippen LogP contribution is 2.30. The Morgan fingerprint density at radius 3 is 2.79 bits per heavy atom. The monoisotopic (exact) mass is 420 g/mol. The van der Waals surface area contributed by atoms with Gasteiger partial charge in [0.05, 0.1) is 16.2 Å². The first-order valence-corrected chi connectivity index (χ1v) is 11.1. The van der Waals surface area contributed by atoms with Crippen molar-refractivity contribution in [2.45, 2.75) is 49.4 Å². The third kappa shape index (κ3) is 5.93. The predicted octanol–water partition coefficient (Wildman–Crippen LogP) is 4.33. The van der Waals surface area contributed by atoms with E-state index in [4.69, 9.17) is 5.11 Å². The van der Waals surface area contributed by atoms with Gasteiger partial charge in [0.1, 0.15) is 0 Å². The SMILES string of the molecule is C[C@H]1CC[C@H](N(Cc2cccnc2)C(=O)Nc2ncc(SCC(=O)O)s2)CC1. The van der Waals surface area contributed by atoms with Crippen molar-refractivity contribution in [2.24, 2.45) is 5.92 Å². The molecular formula is C19H24N4O3S2. The molecule has 1 aliphatic carbocycles. The Morgan fingerprint density at radius 1 is 1.32 bits per heavy atom. The number of nitrogens with zero attached hydrogens (tertiary/aromatic N) is 3. The molecule has 2 amide bonds. The van der Waals surface area contributed by atoms with Gasteiger partial charge in [-0.2, -0.15) is 0 Å². The number of pyridine rings is 1. The fraction of sp³-hybridized carbons (Fsp3) is 0.474. The number of thiazole rings is 1. The van der Waals surface area contributed by atoms with E-state index in [9.17, 15) is 9.59 Å². The lowest BCUT2D eigenvalue weighted by atomic mass is 9.86. The first kappa shape index (κ1) is 20.6.